The van der Waals surface area contributed by atoms with Crippen LogP contribution in [0.25, 0.3) is 0 Å². The van der Waals surface area contributed by atoms with Gasteiger partial charge in [0.2, 0.25) is 0 Å². The predicted octanol–water partition coefficient (Wildman–Crippen LogP) is 2.00. The predicted molar refractivity (Wildman–Crippen MR) is 60.3 cm³/mol. The van der Waals surface area contributed by atoms with Gasteiger partial charge in [0.25, 0.3) is 5.91 Å². The van der Waals surface area contributed by atoms with Crippen LogP contribution in [0.4, 0.5) is 4.39 Å². The molecule has 1 fully saturated rings. The summed E-state index contributed by atoms with van der Waals surface area (Å²) < 4.78 is 19.6. The lowest BCUT2D eigenvalue weighted by atomic mass is 9.94. The van der Waals surface area contributed by atoms with Gasteiger partial charge in [-0.1, -0.05) is 24.1 Å². The van der Waals surface area contributed by atoms with Crippen molar-refractivity contribution in [3.8, 4) is 0 Å². The molecule has 1 aliphatic rings. The summed E-state index contributed by atoms with van der Waals surface area (Å²) in [5.41, 5.74) is 0.891. The lowest BCUT2D eigenvalue weighted by Gasteiger charge is -2.44. The highest BCUT2D eigenvalue weighted by atomic mass is 32.2. The van der Waals surface area contributed by atoms with Gasteiger partial charge in [0, 0.05) is 13.4 Å². The number of rotatable bonds is 3. The van der Waals surface area contributed by atoms with Crippen LogP contribution in [0.2, 0.25) is 0 Å². The molecule has 0 radical (unpaired) electrons. The van der Waals surface area contributed by atoms with E-state index in [1.807, 2.05) is 6.26 Å². The number of hydrogen-bond acceptors (Lipinski definition) is 3. The molecule has 1 aromatic carbocycles. The molecule has 3 nitrogen and oxygen atoms in total. The minimum absolute atomic E-state index is 0.0377. The lowest BCUT2D eigenvalue weighted by Crippen LogP contribution is -2.55. The Morgan fingerprint density at radius 1 is 1.38 bits per heavy atom. The maximum absolute atomic E-state index is 12.8. The second kappa shape index (κ2) is 4.43. The number of carbonyl (C=O) groups is 1. The highest BCUT2D eigenvalue weighted by Gasteiger charge is 2.48. The number of benzene rings is 1. The standard InChI is InChI=1S/C11H12FNO2S/c1-15-10-9(13(16-2)11(10)14)7-3-5-8(12)6-4-7/h3-6,9-10H,1-2H3/t9-,10+/m0/s1. The van der Waals surface area contributed by atoms with E-state index in [1.165, 1.54) is 31.2 Å². The number of carbonyl (C=O) groups excluding carboxylic acids is 1. The fourth-order valence-electron chi connectivity index (χ4n) is 1.84. The molecule has 86 valence electrons. The van der Waals surface area contributed by atoms with Crippen LogP contribution in [0.3, 0.4) is 0 Å². The van der Waals surface area contributed by atoms with E-state index < -0.39 is 6.10 Å². The van der Waals surface area contributed by atoms with Crippen LogP contribution in [-0.4, -0.2) is 29.7 Å². The van der Waals surface area contributed by atoms with Crippen molar-refractivity contribution in [2.45, 2.75) is 12.1 Å². The number of hydrogen-bond donors (Lipinski definition) is 0. The number of nitrogens with zero attached hydrogens (tertiary/aromatic N) is 1. The molecule has 0 spiro atoms. The van der Waals surface area contributed by atoms with Gasteiger partial charge in [0.15, 0.2) is 6.10 Å². The lowest BCUT2D eigenvalue weighted by molar-refractivity contribution is -0.158. The Kier molecular flexibility index (Phi) is 3.16. The average Bonchev–Trinajstić information content (AvgIpc) is 2.28. The van der Waals surface area contributed by atoms with E-state index in [1.54, 1.807) is 16.4 Å². The van der Waals surface area contributed by atoms with E-state index in [0.29, 0.717) is 0 Å². The van der Waals surface area contributed by atoms with Crippen molar-refractivity contribution in [2.24, 2.45) is 0 Å². The van der Waals surface area contributed by atoms with E-state index in [-0.39, 0.29) is 17.8 Å². The molecule has 0 unspecified atom stereocenters. The molecule has 0 bridgehead atoms. The zero-order valence-electron chi connectivity index (χ0n) is 9.01. The van der Waals surface area contributed by atoms with Crippen molar-refractivity contribution in [1.82, 2.24) is 4.31 Å². The smallest absolute Gasteiger partial charge is 0.264 e. The minimum Gasteiger partial charge on any atom is -0.369 e. The molecule has 0 N–H and O–H groups in total. The fourth-order valence-corrected chi connectivity index (χ4v) is 2.59. The summed E-state index contributed by atoms with van der Waals surface area (Å²) in [7, 11) is 1.51. The normalized spacial score (nSPS) is 24.4. The van der Waals surface area contributed by atoms with Crippen molar-refractivity contribution >= 4 is 17.9 Å². The molecule has 5 heteroatoms. The number of methoxy groups -OCH3 is 1. The van der Waals surface area contributed by atoms with Crippen LogP contribution in [0.15, 0.2) is 24.3 Å². The first-order chi connectivity index (χ1) is 7.69. The first kappa shape index (κ1) is 11.4. The van der Waals surface area contributed by atoms with Gasteiger partial charge in [-0.3, -0.25) is 9.10 Å². The Morgan fingerprint density at radius 3 is 2.50 bits per heavy atom. The molecule has 1 heterocycles. The van der Waals surface area contributed by atoms with Gasteiger partial charge in [-0.05, 0) is 17.7 Å². The summed E-state index contributed by atoms with van der Waals surface area (Å²) >= 11 is 1.36. The summed E-state index contributed by atoms with van der Waals surface area (Å²) in [4.78, 5) is 11.6. The molecule has 16 heavy (non-hydrogen) atoms. The third kappa shape index (κ3) is 1.70. The Morgan fingerprint density at radius 2 is 2.00 bits per heavy atom. The van der Waals surface area contributed by atoms with Crippen molar-refractivity contribution in [1.29, 1.82) is 0 Å². The molecule has 2 rings (SSSR count). The third-order valence-corrected chi connectivity index (χ3v) is 3.46. The summed E-state index contributed by atoms with van der Waals surface area (Å²) in [6.45, 7) is 0. The number of ether oxygens (including phenoxy) is 1. The molecule has 0 aliphatic carbocycles. The first-order valence-electron chi connectivity index (χ1n) is 4.84. The van der Waals surface area contributed by atoms with Crippen LogP contribution in [-0.2, 0) is 9.53 Å². The van der Waals surface area contributed by atoms with Gasteiger partial charge in [0.1, 0.15) is 11.9 Å². The van der Waals surface area contributed by atoms with E-state index in [2.05, 4.69) is 0 Å². The molecule has 0 saturated carbocycles. The number of β-lactam (4-membered cyclic amide) rings is 1. The summed E-state index contributed by atoms with van der Waals surface area (Å²) in [6, 6.07) is 6.03. The van der Waals surface area contributed by atoms with Gasteiger partial charge in [-0.2, -0.15) is 0 Å². The van der Waals surface area contributed by atoms with Crippen molar-refractivity contribution in [3.63, 3.8) is 0 Å². The molecule has 0 aromatic heterocycles. The van der Waals surface area contributed by atoms with Crippen molar-refractivity contribution in [2.75, 3.05) is 13.4 Å². The van der Waals surface area contributed by atoms with Gasteiger partial charge >= 0.3 is 0 Å². The molecule has 1 amide bonds. The second-order valence-electron chi connectivity index (χ2n) is 3.50. The van der Waals surface area contributed by atoms with Crippen molar-refractivity contribution < 1.29 is 13.9 Å². The van der Waals surface area contributed by atoms with E-state index in [9.17, 15) is 9.18 Å². The Labute approximate surface area is 97.7 Å². The van der Waals surface area contributed by atoms with Gasteiger partial charge in [-0.25, -0.2) is 4.39 Å². The van der Waals surface area contributed by atoms with Crippen molar-refractivity contribution in [3.05, 3.63) is 35.6 Å². The minimum atomic E-state index is -0.446. The van der Waals surface area contributed by atoms with Gasteiger partial charge in [0.05, 0.1) is 0 Å². The molecule has 1 saturated heterocycles. The first-order valence-corrected chi connectivity index (χ1v) is 6.02. The van der Waals surface area contributed by atoms with Gasteiger partial charge < -0.3 is 4.74 Å². The summed E-state index contributed by atoms with van der Waals surface area (Å²) in [5, 5.41) is 0. The summed E-state index contributed by atoms with van der Waals surface area (Å²) in [5.74, 6) is -0.316. The van der Waals surface area contributed by atoms with E-state index in [0.717, 1.165) is 5.56 Å². The topological polar surface area (TPSA) is 29.5 Å². The number of amides is 1. The largest absolute Gasteiger partial charge is 0.369 e. The second-order valence-corrected chi connectivity index (χ2v) is 4.26. The molecule has 1 aromatic rings. The Bertz CT molecular complexity index is 381. The molecule has 2 atom stereocenters. The maximum Gasteiger partial charge on any atom is 0.264 e. The monoisotopic (exact) mass is 241 g/mol. The number of halogens is 1. The van der Waals surface area contributed by atoms with Crippen LogP contribution in [0.1, 0.15) is 11.6 Å². The summed E-state index contributed by atoms with van der Waals surface area (Å²) in [6.07, 6.45) is 1.39. The molecular formula is C11H12FNO2S. The third-order valence-electron chi connectivity index (χ3n) is 2.66. The zero-order chi connectivity index (χ0) is 11.7. The maximum atomic E-state index is 12.8. The Hall–Kier alpha value is -1.07. The fraction of sp³-hybridized carbons (Fsp3) is 0.364. The Balaban J connectivity index is 2.25. The zero-order valence-corrected chi connectivity index (χ0v) is 9.83. The SMILES string of the molecule is CO[C@H]1C(=O)N(SC)[C@H]1c1ccc(F)cc1. The van der Waals surface area contributed by atoms with E-state index in [4.69, 9.17) is 4.74 Å². The van der Waals surface area contributed by atoms with Gasteiger partial charge in [-0.15, -0.1) is 0 Å². The van der Waals surface area contributed by atoms with Crippen LogP contribution in [0, 0.1) is 5.82 Å². The van der Waals surface area contributed by atoms with E-state index >= 15 is 0 Å². The van der Waals surface area contributed by atoms with Crippen LogP contribution < -0.4 is 0 Å². The quantitative estimate of drug-likeness (QED) is 0.599. The molecular weight excluding hydrogens is 229 g/mol. The highest BCUT2D eigenvalue weighted by molar-refractivity contribution is 7.96. The average molecular weight is 241 g/mol. The van der Waals surface area contributed by atoms with Crippen LogP contribution >= 0.6 is 11.9 Å². The van der Waals surface area contributed by atoms with Crippen LogP contribution in [0.5, 0.6) is 0 Å². The molecule has 1 aliphatic heterocycles. The highest BCUT2D eigenvalue weighted by Crippen LogP contribution is 2.40.